The van der Waals surface area contributed by atoms with Crippen molar-refractivity contribution >= 4 is 5.69 Å². The van der Waals surface area contributed by atoms with Crippen molar-refractivity contribution in [3.8, 4) is 0 Å². The van der Waals surface area contributed by atoms with Gasteiger partial charge >= 0.3 is 0 Å². The first-order valence-electron chi connectivity index (χ1n) is 8.59. The lowest BCUT2D eigenvalue weighted by molar-refractivity contribution is 0.388. The number of rotatable bonds is 8. The van der Waals surface area contributed by atoms with Gasteiger partial charge < -0.3 is 0 Å². The SMILES string of the molecule is CCCCCCc1ccccc1[N+](C)(C)Cc1ccccc1. The second-order valence-electron chi connectivity index (χ2n) is 6.77. The van der Waals surface area contributed by atoms with Gasteiger partial charge in [-0.05, 0) is 18.9 Å². The Morgan fingerprint density at radius 1 is 0.773 bits per heavy atom. The van der Waals surface area contributed by atoms with Gasteiger partial charge in [-0.3, -0.25) is 4.48 Å². The minimum Gasteiger partial charge on any atom is -0.292 e. The fourth-order valence-electron chi connectivity index (χ4n) is 3.18. The van der Waals surface area contributed by atoms with Crippen LogP contribution in [0.2, 0.25) is 0 Å². The van der Waals surface area contributed by atoms with Crippen LogP contribution in [-0.2, 0) is 13.0 Å². The fraction of sp³-hybridized carbons (Fsp3) is 0.429. The topological polar surface area (TPSA) is 0 Å². The number of unbranched alkanes of at least 4 members (excludes halogenated alkanes) is 3. The Balaban J connectivity index is 2.12. The summed E-state index contributed by atoms with van der Waals surface area (Å²) in [4.78, 5) is 0. The molecule has 0 fully saturated rings. The summed E-state index contributed by atoms with van der Waals surface area (Å²) in [7, 11) is 4.63. The number of hydrogen-bond donors (Lipinski definition) is 0. The van der Waals surface area contributed by atoms with Crippen molar-refractivity contribution < 1.29 is 0 Å². The Morgan fingerprint density at radius 3 is 2.18 bits per heavy atom. The Hall–Kier alpha value is -1.60. The molecule has 0 spiro atoms. The van der Waals surface area contributed by atoms with E-state index in [1.165, 1.54) is 48.9 Å². The van der Waals surface area contributed by atoms with E-state index in [1.807, 2.05) is 0 Å². The average molecular weight is 296 g/mol. The van der Waals surface area contributed by atoms with E-state index < -0.39 is 0 Å². The summed E-state index contributed by atoms with van der Waals surface area (Å²) in [6, 6.07) is 19.8. The van der Waals surface area contributed by atoms with E-state index in [0.29, 0.717) is 0 Å². The van der Waals surface area contributed by atoms with Crippen LogP contribution in [0.15, 0.2) is 54.6 Å². The molecule has 0 unspecified atom stereocenters. The molecule has 118 valence electrons. The van der Waals surface area contributed by atoms with Gasteiger partial charge in [0.2, 0.25) is 0 Å². The normalized spacial score (nSPS) is 11.6. The van der Waals surface area contributed by atoms with Crippen LogP contribution in [0, 0.1) is 0 Å². The predicted octanol–water partition coefficient (Wildman–Crippen LogP) is 5.58. The summed E-state index contributed by atoms with van der Waals surface area (Å²) < 4.78 is 0.911. The molecular formula is C21H30N+. The van der Waals surface area contributed by atoms with Gasteiger partial charge in [0, 0.05) is 11.1 Å². The number of quaternary nitrogens is 1. The first kappa shape index (κ1) is 16.8. The molecule has 1 heteroatoms. The second-order valence-corrected chi connectivity index (χ2v) is 6.77. The zero-order valence-corrected chi connectivity index (χ0v) is 14.4. The van der Waals surface area contributed by atoms with Crippen LogP contribution in [0.3, 0.4) is 0 Å². The smallest absolute Gasteiger partial charge is 0.135 e. The van der Waals surface area contributed by atoms with Crippen LogP contribution in [0.1, 0.15) is 43.7 Å². The first-order valence-corrected chi connectivity index (χ1v) is 8.59. The van der Waals surface area contributed by atoms with Gasteiger partial charge in [0.25, 0.3) is 0 Å². The summed E-state index contributed by atoms with van der Waals surface area (Å²) >= 11 is 0. The van der Waals surface area contributed by atoms with Gasteiger partial charge in [-0.25, -0.2) is 0 Å². The maximum absolute atomic E-state index is 2.32. The summed E-state index contributed by atoms with van der Waals surface area (Å²) in [6.45, 7) is 3.31. The quantitative estimate of drug-likeness (QED) is 0.441. The van der Waals surface area contributed by atoms with Gasteiger partial charge in [0.15, 0.2) is 0 Å². The number of hydrogen-bond acceptors (Lipinski definition) is 0. The molecule has 2 rings (SSSR count). The van der Waals surface area contributed by atoms with Crippen molar-refractivity contribution in [3.63, 3.8) is 0 Å². The van der Waals surface area contributed by atoms with E-state index >= 15 is 0 Å². The van der Waals surface area contributed by atoms with E-state index in [1.54, 1.807) is 0 Å². The third-order valence-electron chi connectivity index (χ3n) is 4.36. The van der Waals surface area contributed by atoms with Crippen LogP contribution in [-0.4, -0.2) is 14.1 Å². The van der Waals surface area contributed by atoms with E-state index in [4.69, 9.17) is 0 Å². The average Bonchev–Trinajstić information content (AvgIpc) is 2.52. The predicted molar refractivity (Wildman–Crippen MR) is 98.1 cm³/mol. The zero-order chi connectivity index (χ0) is 15.8. The highest BCUT2D eigenvalue weighted by molar-refractivity contribution is 5.50. The van der Waals surface area contributed by atoms with Crippen molar-refractivity contribution in [1.29, 1.82) is 0 Å². The number of benzene rings is 2. The largest absolute Gasteiger partial charge is 0.292 e. The van der Waals surface area contributed by atoms with E-state index in [0.717, 1.165) is 11.0 Å². The highest BCUT2D eigenvalue weighted by Crippen LogP contribution is 2.28. The third-order valence-corrected chi connectivity index (χ3v) is 4.36. The maximum atomic E-state index is 2.32. The number of aryl methyl sites for hydroxylation is 1. The molecule has 0 aliphatic carbocycles. The molecule has 0 aliphatic heterocycles. The van der Waals surface area contributed by atoms with E-state index in [-0.39, 0.29) is 0 Å². The molecule has 0 amide bonds. The Morgan fingerprint density at radius 2 is 1.45 bits per heavy atom. The molecule has 0 bridgehead atoms. The molecule has 0 N–H and O–H groups in total. The molecule has 0 aliphatic rings. The Bertz CT molecular complexity index is 557. The summed E-state index contributed by atoms with van der Waals surface area (Å²) in [5.41, 5.74) is 4.37. The summed E-state index contributed by atoms with van der Waals surface area (Å²) in [5, 5.41) is 0. The molecule has 0 saturated heterocycles. The first-order chi connectivity index (χ1) is 10.6. The number of nitrogens with zero attached hydrogens (tertiary/aromatic N) is 1. The fourth-order valence-corrected chi connectivity index (χ4v) is 3.18. The minimum atomic E-state index is 0.911. The van der Waals surface area contributed by atoms with E-state index in [9.17, 15) is 0 Å². The van der Waals surface area contributed by atoms with Crippen LogP contribution in [0.5, 0.6) is 0 Å². The van der Waals surface area contributed by atoms with Crippen LogP contribution >= 0.6 is 0 Å². The standard InChI is InChI=1S/C21H30N/c1-4-5-6-10-15-20-16-11-12-17-21(20)22(2,3)18-19-13-8-7-9-14-19/h7-9,11-14,16-17H,4-6,10,15,18H2,1-3H3/q+1. The molecule has 2 aromatic rings. The molecule has 0 atom stereocenters. The highest BCUT2D eigenvalue weighted by Gasteiger charge is 2.22. The number of para-hydroxylation sites is 1. The third kappa shape index (κ3) is 4.71. The molecule has 2 aromatic carbocycles. The Kier molecular flexibility index (Phi) is 6.21. The van der Waals surface area contributed by atoms with Gasteiger partial charge in [-0.2, -0.15) is 0 Å². The Labute approximate surface area is 136 Å². The minimum absolute atomic E-state index is 0.911. The lowest BCUT2D eigenvalue weighted by atomic mass is 10.0. The molecule has 0 saturated carbocycles. The van der Waals surface area contributed by atoms with E-state index in [2.05, 4.69) is 75.6 Å². The van der Waals surface area contributed by atoms with Crippen molar-refractivity contribution in [2.24, 2.45) is 0 Å². The monoisotopic (exact) mass is 296 g/mol. The van der Waals surface area contributed by atoms with Crippen LogP contribution in [0.25, 0.3) is 0 Å². The lowest BCUT2D eigenvalue weighted by Gasteiger charge is -2.31. The van der Waals surface area contributed by atoms with Crippen molar-refractivity contribution in [1.82, 2.24) is 4.48 Å². The molecule has 0 heterocycles. The molecule has 1 nitrogen and oxygen atoms in total. The van der Waals surface area contributed by atoms with Gasteiger partial charge in [-0.1, -0.05) is 74.7 Å². The second kappa shape index (κ2) is 8.14. The lowest BCUT2D eigenvalue weighted by Crippen LogP contribution is -2.40. The maximum Gasteiger partial charge on any atom is 0.135 e. The molecule has 0 radical (unpaired) electrons. The summed E-state index contributed by atoms with van der Waals surface area (Å²) in [6.07, 6.45) is 6.50. The van der Waals surface area contributed by atoms with Gasteiger partial charge in [0.1, 0.15) is 12.2 Å². The van der Waals surface area contributed by atoms with Crippen LogP contribution < -0.4 is 4.48 Å². The van der Waals surface area contributed by atoms with Gasteiger partial charge in [0.05, 0.1) is 14.1 Å². The van der Waals surface area contributed by atoms with Crippen molar-refractivity contribution in [2.75, 3.05) is 14.1 Å². The van der Waals surface area contributed by atoms with Gasteiger partial charge in [-0.15, -0.1) is 0 Å². The van der Waals surface area contributed by atoms with Crippen molar-refractivity contribution in [2.45, 2.75) is 45.6 Å². The van der Waals surface area contributed by atoms with Crippen molar-refractivity contribution in [3.05, 3.63) is 65.7 Å². The summed E-state index contributed by atoms with van der Waals surface area (Å²) in [5.74, 6) is 0. The highest BCUT2D eigenvalue weighted by atomic mass is 15.3. The zero-order valence-electron chi connectivity index (χ0n) is 14.4. The molecule has 22 heavy (non-hydrogen) atoms. The van der Waals surface area contributed by atoms with Crippen LogP contribution in [0.4, 0.5) is 5.69 Å². The molecular weight excluding hydrogens is 266 g/mol. The molecule has 0 aromatic heterocycles.